The Morgan fingerprint density at radius 2 is 1.60 bits per heavy atom. The molecule has 0 aliphatic heterocycles. The minimum atomic E-state index is -1.05. The Morgan fingerprint density at radius 1 is 0.976 bits per heavy atom. The molecule has 2 amide bonds. The summed E-state index contributed by atoms with van der Waals surface area (Å²) in [4.78, 5) is 46.3. The molecule has 220 valence electrons. The van der Waals surface area contributed by atoms with Crippen molar-refractivity contribution >= 4 is 28.9 Å². The molecule has 0 saturated carbocycles. The fourth-order valence-electron chi connectivity index (χ4n) is 4.87. The van der Waals surface area contributed by atoms with Crippen LogP contribution in [-0.2, 0) is 24.2 Å². The van der Waals surface area contributed by atoms with Crippen molar-refractivity contribution in [2.45, 2.75) is 58.7 Å². The molecule has 0 aliphatic carbocycles. The van der Waals surface area contributed by atoms with Crippen LogP contribution in [0.4, 0.5) is 10.8 Å². The van der Waals surface area contributed by atoms with Crippen LogP contribution in [-0.4, -0.2) is 57.1 Å². The molecule has 9 nitrogen and oxygen atoms in total. The molecule has 1 atom stereocenters. The highest BCUT2D eigenvalue weighted by molar-refractivity contribution is 5.85. The molecule has 4 rings (SSSR count). The Hall–Kier alpha value is -4.66. The van der Waals surface area contributed by atoms with Crippen LogP contribution in [0.25, 0.3) is 10.9 Å². The smallest absolute Gasteiger partial charge is 0.408 e. The van der Waals surface area contributed by atoms with Crippen LogP contribution in [0.2, 0.25) is 0 Å². The number of hydrogen-bond acceptors (Lipinski definition) is 6. The lowest BCUT2D eigenvalue weighted by atomic mass is 10.0. The number of carbonyl (C=O) groups is 2. The zero-order valence-electron chi connectivity index (χ0n) is 24.8. The molecule has 4 aromatic rings. The average Bonchev–Trinajstić information content (AvgIpc) is 2.95. The number of nitrogens with zero attached hydrogens (tertiary/aromatic N) is 3. The van der Waals surface area contributed by atoms with Gasteiger partial charge in [0.15, 0.2) is 0 Å². The minimum Gasteiger partial charge on any atom is -0.465 e. The van der Waals surface area contributed by atoms with Gasteiger partial charge in [-0.05, 0) is 62.4 Å². The summed E-state index contributed by atoms with van der Waals surface area (Å²) >= 11 is 0. The molecule has 9 heteroatoms. The Labute approximate surface area is 245 Å². The van der Waals surface area contributed by atoms with Gasteiger partial charge < -0.3 is 19.7 Å². The van der Waals surface area contributed by atoms with Gasteiger partial charge >= 0.3 is 11.7 Å². The number of anilines is 1. The Kier molecular flexibility index (Phi) is 9.30. The molecular weight excluding hydrogens is 532 g/mol. The van der Waals surface area contributed by atoms with E-state index in [9.17, 15) is 19.5 Å². The van der Waals surface area contributed by atoms with Gasteiger partial charge in [-0.3, -0.25) is 9.69 Å². The third kappa shape index (κ3) is 7.34. The van der Waals surface area contributed by atoms with Gasteiger partial charge in [-0.1, -0.05) is 66.7 Å². The Bertz CT molecular complexity index is 1600. The number of aryl methyl sites for hydroxylation is 1. The summed E-state index contributed by atoms with van der Waals surface area (Å²) in [6, 6.07) is 22.3. The first kappa shape index (κ1) is 30.3. The molecule has 3 aromatic carbocycles. The minimum absolute atomic E-state index is 0.0488. The number of carboxylic acid groups (broad SMARTS) is 1. The molecule has 42 heavy (non-hydrogen) atoms. The molecule has 0 saturated heterocycles. The summed E-state index contributed by atoms with van der Waals surface area (Å²) in [5, 5.41) is 13.1. The van der Waals surface area contributed by atoms with E-state index in [1.807, 2.05) is 81.4 Å². The lowest BCUT2D eigenvalue weighted by molar-refractivity contribution is -0.130. The van der Waals surface area contributed by atoms with Crippen molar-refractivity contribution < 1.29 is 19.1 Å². The highest BCUT2D eigenvalue weighted by atomic mass is 16.4. The van der Waals surface area contributed by atoms with E-state index in [0.29, 0.717) is 36.0 Å². The van der Waals surface area contributed by atoms with Gasteiger partial charge in [0.05, 0.1) is 10.9 Å². The summed E-state index contributed by atoms with van der Waals surface area (Å²) in [7, 11) is 1.76. The number of rotatable bonds is 10. The standard InChI is InChI=1S/C33H38N4O5/c1-22-25(21-37(32(40)41)33(2,3)4)16-17-26-28(22)30(39)42-31(34-26)35-27(20-24-14-10-7-11-15-24)29(38)36(5)19-18-23-12-8-6-9-13-23/h6-17,27H,18-21H2,1-5H3,(H,34,35)(H,40,41). The van der Waals surface area contributed by atoms with Crippen LogP contribution in [0.5, 0.6) is 0 Å². The number of fused-ring (bicyclic) bond motifs is 1. The second kappa shape index (κ2) is 12.9. The van der Waals surface area contributed by atoms with Crippen LogP contribution in [0.15, 0.2) is 82.0 Å². The summed E-state index contributed by atoms with van der Waals surface area (Å²) in [5.41, 5.74) is 2.54. The van der Waals surface area contributed by atoms with Gasteiger partial charge in [0, 0.05) is 32.1 Å². The van der Waals surface area contributed by atoms with Crippen molar-refractivity contribution in [2.24, 2.45) is 0 Å². The van der Waals surface area contributed by atoms with E-state index in [-0.39, 0.29) is 23.9 Å². The van der Waals surface area contributed by atoms with Gasteiger partial charge in [-0.25, -0.2) is 9.59 Å². The third-order valence-electron chi connectivity index (χ3n) is 7.37. The fourth-order valence-corrected chi connectivity index (χ4v) is 4.87. The molecule has 0 spiro atoms. The first-order chi connectivity index (χ1) is 19.9. The predicted octanol–water partition coefficient (Wildman–Crippen LogP) is 5.50. The third-order valence-corrected chi connectivity index (χ3v) is 7.37. The van der Waals surface area contributed by atoms with Crippen LogP contribution in [0, 0.1) is 6.92 Å². The first-order valence-corrected chi connectivity index (χ1v) is 14.0. The van der Waals surface area contributed by atoms with Gasteiger partial charge in [-0.15, -0.1) is 0 Å². The fraction of sp³-hybridized carbons (Fsp3) is 0.333. The van der Waals surface area contributed by atoms with Crippen molar-refractivity contribution in [3.8, 4) is 0 Å². The quantitative estimate of drug-likeness (QED) is 0.259. The number of hydrogen-bond donors (Lipinski definition) is 2. The molecule has 0 bridgehead atoms. The van der Waals surface area contributed by atoms with Crippen LogP contribution in [0.1, 0.15) is 43.0 Å². The summed E-state index contributed by atoms with van der Waals surface area (Å²) in [6.07, 6.45) is 0.0318. The topological polar surface area (TPSA) is 116 Å². The predicted molar refractivity (Wildman–Crippen MR) is 164 cm³/mol. The Balaban J connectivity index is 1.61. The van der Waals surface area contributed by atoms with E-state index < -0.39 is 23.3 Å². The summed E-state index contributed by atoms with van der Waals surface area (Å²) in [6.45, 7) is 7.85. The van der Waals surface area contributed by atoms with Crippen molar-refractivity contribution in [2.75, 3.05) is 18.9 Å². The number of nitrogens with one attached hydrogen (secondary N) is 1. The van der Waals surface area contributed by atoms with Gasteiger partial charge in [0.2, 0.25) is 5.91 Å². The molecule has 0 fully saturated rings. The van der Waals surface area contributed by atoms with Crippen LogP contribution in [0.3, 0.4) is 0 Å². The molecule has 0 radical (unpaired) electrons. The SMILES string of the molecule is Cc1c(CN(C(=O)O)C(C)(C)C)ccc2nc(NC(Cc3ccccc3)C(=O)N(C)CCc3ccccc3)oc(=O)c12. The normalized spacial score (nSPS) is 12.1. The van der Waals surface area contributed by atoms with E-state index in [4.69, 9.17) is 4.42 Å². The second-order valence-electron chi connectivity index (χ2n) is 11.5. The summed E-state index contributed by atoms with van der Waals surface area (Å²) in [5.74, 6) is -0.151. The maximum absolute atomic E-state index is 13.6. The molecule has 1 aromatic heterocycles. The zero-order valence-corrected chi connectivity index (χ0v) is 24.8. The lowest BCUT2D eigenvalue weighted by Crippen LogP contribution is -2.44. The second-order valence-corrected chi connectivity index (χ2v) is 11.5. The van der Waals surface area contributed by atoms with Gasteiger partial charge in [0.1, 0.15) is 6.04 Å². The monoisotopic (exact) mass is 570 g/mol. The van der Waals surface area contributed by atoms with Crippen molar-refractivity contribution in [1.82, 2.24) is 14.8 Å². The maximum atomic E-state index is 13.6. The van der Waals surface area contributed by atoms with E-state index in [0.717, 1.165) is 11.1 Å². The Morgan fingerprint density at radius 3 is 2.19 bits per heavy atom. The van der Waals surface area contributed by atoms with Crippen molar-refractivity contribution in [3.63, 3.8) is 0 Å². The summed E-state index contributed by atoms with van der Waals surface area (Å²) < 4.78 is 5.60. The first-order valence-electron chi connectivity index (χ1n) is 14.0. The number of aromatic nitrogens is 1. The number of likely N-dealkylation sites (N-methyl/N-ethyl adjacent to an activating group) is 1. The zero-order chi connectivity index (χ0) is 30.4. The number of carbonyl (C=O) groups excluding carboxylic acids is 1. The van der Waals surface area contributed by atoms with Crippen molar-refractivity contribution in [3.05, 3.63) is 105 Å². The van der Waals surface area contributed by atoms with E-state index in [1.54, 1.807) is 31.0 Å². The lowest BCUT2D eigenvalue weighted by Gasteiger charge is -2.33. The highest BCUT2D eigenvalue weighted by Gasteiger charge is 2.28. The van der Waals surface area contributed by atoms with E-state index in [2.05, 4.69) is 10.3 Å². The molecule has 0 aliphatic rings. The average molecular weight is 571 g/mol. The van der Waals surface area contributed by atoms with Gasteiger partial charge in [0.25, 0.3) is 6.01 Å². The molecular formula is C33H38N4O5. The highest BCUT2D eigenvalue weighted by Crippen LogP contribution is 2.24. The molecule has 2 N–H and O–H groups in total. The molecule has 1 unspecified atom stereocenters. The van der Waals surface area contributed by atoms with Crippen LogP contribution >= 0.6 is 0 Å². The van der Waals surface area contributed by atoms with E-state index in [1.165, 1.54) is 4.90 Å². The van der Waals surface area contributed by atoms with Crippen LogP contribution < -0.4 is 10.9 Å². The molecule has 1 heterocycles. The number of amides is 2. The largest absolute Gasteiger partial charge is 0.465 e. The van der Waals surface area contributed by atoms with Crippen molar-refractivity contribution in [1.29, 1.82) is 0 Å². The maximum Gasteiger partial charge on any atom is 0.408 e. The van der Waals surface area contributed by atoms with Gasteiger partial charge in [-0.2, -0.15) is 4.98 Å². The number of benzene rings is 3. The van der Waals surface area contributed by atoms with E-state index >= 15 is 0 Å².